The van der Waals surface area contributed by atoms with Gasteiger partial charge in [-0.15, -0.1) is 11.3 Å². The van der Waals surface area contributed by atoms with Crippen LogP contribution in [0.4, 0.5) is 13.9 Å². The summed E-state index contributed by atoms with van der Waals surface area (Å²) in [6, 6.07) is 0. The summed E-state index contributed by atoms with van der Waals surface area (Å²) in [5.41, 5.74) is 0. The molecule has 2 saturated heterocycles. The van der Waals surface area contributed by atoms with E-state index in [1.807, 2.05) is 13.1 Å². The number of halogens is 2. The molecule has 7 heteroatoms. The van der Waals surface area contributed by atoms with Gasteiger partial charge in [0.2, 0.25) is 5.91 Å². The maximum atomic E-state index is 13.2. The molecule has 1 aromatic heterocycles. The number of hydrogen-bond donors (Lipinski definition) is 0. The van der Waals surface area contributed by atoms with Crippen molar-refractivity contribution in [2.75, 3.05) is 31.1 Å². The van der Waals surface area contributed by atoms with Crippen molar-refractivity contribution in [1.82, 2.24) is 9.88 Å². The molecule has 4 nitrogen and oxygen atoms in total. The highest BCUT2D eigenvalue weighted by Crippen LogP contribution is 2.31. The van der Waals surface area contributed by atoms with Gasteiger partial charge in [-0.2, -0.15) is 0 Å². The number of piperidine rings is 1. The van der Waals surface area contributed by atoms with E-state index in [0.29, 0.717) is 6.54 Å². The molecule has 0 saturated carbocycles. The quantitative estimate of drug-likeness (QED) is 0.841. The second-order valence-electron chi connectivity index (χ2n) is 5.87. The number of aromatic nitrogens is 1. The molecule has 0 N–H and O–H groups in total. The highest BCUT2D eigenvalue weighted by atomic mass is 32.1. The van der Waals surface area contributed by atoms with E-state index in [1.165, 1.54) is 0 Å². The number of amides is 1. The third-order valence-corrected chi connectivity index (χ3v) is 5.20. The van der Waals surface area contributed by atoms with Crippen LogP contribution in [0.25, 0.3) is 0 Å². The molecule has 116 valence electrons. The lowest BCUT2D eigenvalue weighted by Gasteiger charge is -2.33. The van der Waals surface area contributed by atoms with Gasteiger partial charge >= 0.3 is 0 Å². The van der Waals surface area contributed by atoms with E-state index in [0.717, 1.165) is 23.0 Å². The van der Waals surface area contributed by atoms with Gasteiger partial charge in [-0.25, -0.2) is 13.8 Å². The number of rotatable bonds is 2. The minimum absolute atomic E-state index is 0.0290. The van der Waals surface area contributed by atoms with Crippen molar-refractivity contribution in [3.05, 3.63) is 11.1 Å². The summed E-state index contributed by atoms with van der Waals surface area (Å²) in [6.07, 6.45) is 2.20. The lowest BCUT2D eigenvalue weighted by Crippen LogP contribution is -2.45. The van der Waals surface area contributed by atoms with Crippen LogP contribution in [0.2, 0.25) is 0 Å². The van der Waals surface area contributed by atoms with Gasteiger partial charge in [-0.3, -0.25) is 4.79 Å². The smallest absolute Gasteiger partial charge is 0.251 e. The van der Waals surface area contributed by atoms with Crippen molar-refractivity contribution in [1.29, 1.82) is 0 Å². The van der Waals surface area contributed by atoms with Crippen LogP contribution in [-0.4, -0.2) is 47.9 Å². The molecular weight excluding hydrogens is 296 g/mol. The number of aryl methyl sites for hydroxylation is 1. The Labute approximate surface area is 126 Å². The highest BCUT2D eigenvalue weighted by molar-refractivity contribution is 7.15. The van der Waals surface area contributed by atoms with Crippen LogP contribution in [-0.2, 0) is 4.79 Å². The molecule has 2 aliphatic heterocycles. The minimum atomic E-state index is -2.60. The second kappa shape index (κ2) is 5.51. The van der Waals surface area contributed by atoms with Gasteiger partial charge in [0.05, 0.1) is 5.92 Å². The highest BCUT2D eigenvalue weighted by Gasteiger charge is 2.39. The Bertz CT molecular complexity index is 524. The third-order valence-electron chi connectivity index (χ3n) is 4.22. The van der Waals surface area contributed by atoms with E-state index in [1.54, 1.807) is 16.2 Å². The summed E-state index contributed by atoms with van der Waals surface area (Å²) >= 11 is 1.62. The minimum Gasteiger partial charge on any atom is -0.347 e. The van der Waals surface area contributed by atoms with E-state index in [4.69, 9.17) is 0 Å². The number of likely N-dealkylation sites (tertiary alicyclic amines) is 1. The van der Waals surface area contributed by atoms with Gasteiger partial charge in [-0.05, 0) is 13.3 Å². The molecule has 0 radical (unpaired) electrons. The van der Waals surface area contributed by atoms with Gasteiger partial charge in [0, 0.05) is 50.1 Å². The van der Waals surface area contributed by atoms with E-state index < -0.39 is 5.92 Å². The Balaban J connectivity index is 1.57. The average Bonchev–Trinajstić information content (AvgIpc) is 3.06. The van der Waals surface area contributed by atoms with Crippen molar-refractivity contribution in [3.63, 3.8) is 0 Å². The van der Waals surface area contributed by atoms with Crippen LogP contribution in [0.3, 0.4) is 0 Å². The summed E-state index contributed by atoms with van der Waals surface area (Å²) < 4.78 is 26.3. The van der Waals surface area contributed by atoms with Crippen molar-refractivity contribution in [3.8, 4) is 0 Å². The Hall–Kier alpha value is -1.24. The van der Waals surface area contributed by atoms with Crippen molar-refractivity contribution in [2.45, 2.75) is 32.1 Å². The van der Waals surface area contributed by atoms with Gasteiger partial charge in [-0.1, -0.05) is 0 Å². The molecule has 3 heterocycles. The zero-order valence-corrected chi connectivity index (χ0v) is 12.8. The van der Waals surface area contributed by atoms with Gasteiger partial charge in [0.15, 0.2) is 5.13 Å². The van der Waals surface area contributed by atoms with Crippen LogP contribution < -0.4 is 4.90 Å². The van der Waals surface area contributed by atoms with E-state index >= 15 is 0 Å². The molecule has 3 rings (SSSR count). The SMILES string of the molecule is Cc1cnc(N2CCC(C(=O)N3CCC(F)(F)CC3)C2)s1. The molecule has 1 amide bonds. The number of hydrogen-bond acceptors (Lipinski definition) is 4. The molecule has 1 aromatic rings. The number of nitrogens with zero attached hydrogens (tertiary/aromatic N) is 3. The van der Waals surface area contributed by atoms with Crippen LogP contribution in [0.15, 0.2) is 6.20 Å². The molecule has 1 atom stereocenters. The fraction of sp³-hybridized carbons (Fsp3) is 0.714. The molecule has 2 fully saturated rings. The number of carbonyl (C=O) groups is 1. The Morgan fingerprint density at radius 2 is 2.10 bits per heavy atom. The Morgan fingerprint density at radius 3 is 2.71 bits per heavy atom. The lowest BCUT2D eigenvalue weighted by molar-refractivity contribution is -0.140. The number of carbonyl (C=O) groups excluding carboxylic acids is 1. The first-order chi connectivity index (χ1) is 9.94. The normalized spacial score (nSPS) is 25.4. The molecule has 21 heavy (non-hydrogen) atoms. The fourth-order valence-corrected chi connectivity index (χ4v) is 3.73. The maximum absolute atomic E-state index is 13.2. The van der Waals surface area contributed by atoms with Crippen LogP contribution in [0.5, 0.6) is 0 Å². The first kappa shape index (κ1) is 14.7. The number of anilines is 1. The number of thiazole rings is 1. The predicted octanol–water partition coefficient (Wildman–Crippen LogP) is 2.54. The molecule has 2 aliphatic rings. The largest absolute Gasteiger partial charge is 0.347 e. The molecule has 1 unspecified atom stereocenters. The van der Waals surface area contributed by atoms with Crippen LogP contribution in [0, 0.1) is 12.8 Å². The van der Waals surface area contributed by atoms with E-state index in [-0.39, 0.29) is 37.8 Å². The van der Waals surface area contributed by atoms with E-state index in [9.17, 15) is 13.6 Å². The standard InChI is InChI=1S/C14H19F2N3OS/c1-10-8-17-13(21-10)19-5-2-11(9-19)12(20)18-6-3-14(15,16)4-7-18/h8,11H,2-7,9H2,1H3. The van der Waals surface area contributed by atoms with Crippen LogP contribution >= 0.6 is 11.3 Å². The molecule has 0 bridgehead atoms. The number of alkyl halides is 2. The van der Waals surface area contributed by atoms with Crippen LogP contribution in [0.1, 0.15) is 24.1 Å². The van der Waals surface area contributed by atoms with Gasteiger partial charge in [0.1, 0.15) is 0 Å². The fourth-order valence-electron chi connectivity index (χ4n) is 2.94. The molecule has 0 aromatic carbocycles. The van der Waals surface area contributed by atoms with Gasteiger partial charge in [0.25, 0.3) is 5.92 Å². The molecule has 0 aliphatic carbocycles. The van der Waals surface area contributed by atoms with Gasteiger partial charge < -0.3 is 9.80 Å². The maximum Gasteiger partial charge on any atom is 0.251 e. The third kappa shape index (κ3) is 3.17. The van der Waals surface area contributed by atoms with Crippen molar-refractivity contribution >= 4 is 22.4 Å². The van der Waals surface area contributed by atoms with Crippen molar-refractivity contribution < 1.29 is 13.6 Å². The summed E-state index contributed by atoms with van der Waals surface area (Å²) in [7, 11) is 0. The summed E-state index contributed by atoms with van der Waals surface area (Å²) in [5.74, 6) is -2.65. The first-order valence-electron chi connectivity index (χ1n) is 7.29. The zero-order chi connectivity index (χ0) is 15.0. The Kier molecular flexibility index (Phi) is 3.86. The molecule has 0 spiro atoms. The zero-order valence-electron chi connectivity index (χ0n) is 12.0. The average molecular weight is 315 g/mol. The lowest BCUT2D eigenvalue weighted by atomic mass is 10.0. The monoisotopic (exact) mass is 315 g/mol. The predicted molar refractivity (Wildman–Crippen MR) is 77.9 cm³/mol. The second-order valence-corrected chi connectivity index (χ2v) is 7.08. The molecular formula is C14H19F2N3OS. The summed E-state index contributed by atoms with van der Waals surface area (Å²) in [6.45, 7) is 3.83. The summed E-state index contributed by atoms with van der Waals surface area (Å²) in [5, 5.41) is 0.952. The Morgan fingerprint density at radius 1 is 1.38 bits per heavy atom. The topological polar surface area (TPSA) is 36.4 Å². The van der Waals surface area contributed by atoms with Crippen molar-refractivity contribution in [2.24, 2.45) is 5.92 Å². The summed E-state index contributed by atoms with van der Waals surface area (Å²) in [4.78, 5) is 21.7. The van der Waals surface area contributed by atoms with E-state index in [2.05, 4.69) is 9.88 Å². The first-order valence-corrected chi connectivity index (χ1v) is 8.10.